The lowest BCUT2D eigenvalue weighted by molar-refractivity contribution is -0.111. The molecule has 0 aliphatic carbocycles. The number of rotatable bonds is 7. The first-order valence-electron chi connectivity index (χ1n) is 10.7. The normalized spacial score (nSPS) is 16.4. The summed E-state index contributed by atoms with van der Waals surface area (Å²) in [7, 11) is 1.53. The number of fused-ring (bicyclic) bond motifs is 1. The number of hydrogen-bond acceptors (Lipinski definition) is 6. The van der Waals surface area contributed by atoms with Crippen molar-refractivity contribution in [2.75, 3.05) is 30.8 Å². The Bertz CT molecular complexity index is 1200. The Kier molecular flexibility index (Phi) is 7.05. The van der Waals surface area contributed by atoms with Crippen molar-refractivity contribution in [1.29, 1.82) is 0 Å². The van der Waals surface area contributed by atoms with Crippen LogP contribution in [0.25, 0.3) is 10.9 Å². The maximum atomic E-state index is 13.5. The van der Waals surface area contributed by atoms with E-state index in [-0.39, 0.29) is 10.9 Å². The quantitative estimate of drug-likeness (QED) is 0.466. The van der Waals surface area contributed by atoms with Crippen LogP contribution >= 0.6 is 11.6 Å². The Morgan fingerprint density at radius 3 is 2.91 bits per heavy atom. The molecule has 1 aromatic heterocycles. The monoisotopic (exact) mass is 469 g/mol. The van der Waals surface area contributed by atoms with E-state index < -0.39 is 5.82 Å². The summed E-state index contributed by atoms with van der Waals surface area (Å²) in [4.78, 5) is 23.5. The summed E-state index contributed by atoms with van der Waals surface area (Å²) >= 11 is 5.89. The van der Waals surface area contributed by atoms with Crippen molar-refractivity contribution in [3.63, 3.8) is 0 Å². The van der Waals surface area contributed by atoms with E-state index in [2.05, 4.69) is 32.4 Å². The maximum Gasteiger partial charge on any atom is 0.248 e. The first-order valence-corrected chi connectivity index (χ1v) is 11.1. The molecule has 0 bridgehead atoms. The number of anilines is 3. The van der Waals surface area contributed by atoms with Crippen molar-refractivity contribution < 1.29 is 13.9 Å². The minimum atomic E-state index is -0.503. The van der Waals surface area contributed by atoms with Crippen molar-refractivity contribution >= 4 is 45.6 Å². The number of nitrogens with zero attached hydrogens (tertiary/aromatic N) is 3. The standard InChI is InChI=1S/C24H25ClFN5O2/c1-15-5-3-9-31(15)10-4-6-23(32)30-21-12-17-20(13-22(21)33-2)27-14-28-24(17)29-16-7-8-19(26)18(25)11-16/h4,6-8,11-15H,3,5,9-10H2,1-2H3,(H,30,32)(H,27,28,29)/b6-4+. The third-order valence-corrected chi connectivity index (χ3v) is 5.99. The molecular weight excluding hydrogens is 445 g/mol. The molecule has 0 radical (unpaired) electrons. The number of carbonyl (C=O) groups is 1. The molecule has 1 atom stereocenters. The molecule has 0 spiro atoms. The van der Waals surface area contributed by atoms with Crippen LogP contribution in [0.1, 0.15) is 19.8 Å². The molecule has 172 valence electrons. The fraction of sp³-hybridized carbons (Fsp3) is 0.292. The molecule has 1 unspecified atom stereocenters. The molecule has 1 amide bonds. The highest BCUT2D eigenvalue weighted by Crippen LogP contribution is 2.33. The van der Waals surface area contributed by atoms with Crippen molar-refractivity contribution in [1.82, 2.24) is 14.9 Å². The second-order valence-corrected chi connectivity index (χ2v) is 8.33. The first kappa shape index (κ1) is 22.9. The van der Waals surface area contributed by atoms with Gasteiger partial charge >= 0.3 is 0 Å². The van der Waals surface area contributed by atoms with Gasteiger partial charge in [-0.15, -0.1) is 0 Å². The van der Waals surface area contributed by atoms with E-state index in [0.29, 0.717) is 39.9 Å². The van der Waals surface area contributed by atoms with Gasteiger partial charge in [-0.2, -0.15) is 0 Å². The Labute approximate surface area is 196 Å². The van der Waals surface area contributed by atoms with E-state index in [1.54, 1.807) is 18.2 Å². The summed E-state index contributed by atoms with van der Waals surface area (Å²) in [6, 6.07) is 8.33. The van der Waals surface area contributed by atoms with Crippen LogP contribution in [0.3, 0.4) is 0 Å². The minimum absolute atomic E-state index is 0.00287. The van der Waals surface area contributed by atoms with Gasteiger partial charge in [-0.05, 0) is 50.6 Å². The molecule has 1 saturated heterocycles. The second-order valence-electron chi connectivity index (χ2n) is 7.92. The fourth-order valence-electron chi connectivity index (χ4n) is 3.89. The highest BCUT2D eigenvalue weighted by Gasteiger charge is 2.18. The van der Waals surface area contributed by atoms with Crippen LogP contribution in [0.4, 0.5) is 21.6 Å². The molecule has 1 aliphatic rings. The lowest BCUT2D eigenvalue weighted by Gasteiger charge is -2.18. The summed E-state index contributed by atoms with van der Waals surface area (Å²) in [6.45, 7) is 4.00. The number of amides is 1. The van der Waals surface area contributed by atoms with Gasteiger partial charge in [0.2, 0.25) is 5.91 Å². The van der Waals surface area contributed by atoms with Crippen molar-refractivity contribution in [2.24, 2.45) is 0 Å². The molecular formula is C24H25ClFN5O2. The first-order chi connectivity index (χ1) is 15.9. The number of aromatic nitrogens is 2. The average Bonchev–Trinajstić information content (AvgIpc) is 3.21. The number of halogens is 2. The molecule has 3 aromatic rings. The summed E-state index contributed by atoms with van der Waals surface area (Å²) in [5.74, 6) is 0.208. The number of benzene rings is 2. The predicted octanol–water partition coefficient (Wildman–Crippen LogP) is 5.15. The molecule has 9 heteroatoms. The number of carbonyl (C=O) groups excluding carboxylic acids is 1. The van der Waals surface area contributed by atoms with E-state index in [9.17, 15) is 9.18 Å². The summed E-state index contributed by atoms with van der Waals surface area (Å²) in [5, 5.41) is 6.66. The van der Waals surface area contributed by atoms with Crippen molar-refractivity contribution in [3.05, 3.63) is 59.7 Å². The second kappa shape index (κ2) is 10.1. The van der Waals surface area contributed by atoms with Gasteiger partial charge in [0.05, 0.1) is 23.3 Å². The van der Waals surface area contributed by atoms with Crippen LogP contribution in [-0.4, -0.2) is 47.0 Å². The number of ether oxygens (including phenoxy) is 1. The van der Waals surface area contributed by atoms with Crippen LogP contribution in [0.2, 0.25) is 5.02 Å². The van der Waals surface area contributed by atoms with Gasteiger partial charge in [0, 0.05) is 35.8 Å². The number of likely N-dealkylation sites (tertiary alicyclic amines) is 1. The summed E-state index contributed by atoms with van der Waals surface area (Å²) in [6.07, 6.45) is 7.21. The molecule has 2 aromatic carbocycles. The van der Waals surface area contributed by atoms with E-state index in [1.165, 1.54) is 44.5 Å². The van der Waals surface area contributed by atoms with Gasteiger partial charge in [0.15, 0.2) is 0 Å². The number of nitrogens with one attached hydrogen (secondary N) is 2. The van der Waals surface area contributed by atoms with Crippen LogP contribution in [-0.2, 0) is 4.79 Å². The smallest absolute Gasteiger partial charge is 0.248 e. The maximum absolute atomic E-state index is 13.5. The zero-order chi connectivity index (χ0) is 23.4. The lowest BCUT2D eigenvalue weighted by atomic mass is 10.1. The van der Waals surface area contributed by atoms with Crippen LogP contribution < -0.4 is 15.4 Å². The zero-order valence-corrected chi connectivity index (χ0v) is 19.2. The Balaban J connectivity index is 1.56. The van der Waals surface area contributed by atoms with Crippen LogP contribution in [0.15, 0.2) is 48.8 Å². The molecule has 0 saturated carbocycles. The van der Waals surface area contributed by atoms with Crippen molar-refractivity contribution in [3.8, 4) is 5.75 Å². The van der Waals surface area contributed by atoms with E-state index >= 15 is 0 Å². The van der Waals surface area contributed by atoms with Crippen LogP contribution in [0.5, 0.6) is 5.75 Å². The molecule has 33 heavy (non-hydrogen) atoms. The number of methoxy groups -OCH3 is 1. The summed E-state index contributed by atoms with van der Waals surface area (Å²) in [5.41, 5.74) is 1.68. The van der Waals surface area contributed by atoms with Gasteiger partial charge in [0.1, 0.15) is 23.7 Å². The van der Waals surface area contributed by atoms with Gasteiger partial charge < -0.3 is 15.4 Å². The Hall–Kier alpha value is -3.23. The molecule has 7 nitrogen and oxygen atoms in total. The summed E-state index contributed by atoms with van der Waals surface area (Å²) < 4.78 is 19.0. The molecule has 2 heterocycles. The van der Waals surface area contributed by atoms with Gasteiger partial charge in [-0.1, -0.05) is 17.7 Å². The SMILES string of the molecule is COc1cc2ncnc(Nc3ccc(F)c(Cl)c3)c2cc1NC(=O)/C=C/CN1CCCC1C. The van der Waals surface area contributed by atoms with E-state index in [0.717, 1.165) is 13.1 Å². The lowest BCUT2D eigenvalue weighted by Crippen LogP contribution is -2.27. The van der Waals surface area contributed by atoms with Crippen LogP contribution in [0, 0.1) is 5.82 Å². The largest absolute Gasteiger partial charge is 0.494 e. The molecule has 1 fully saturated rings. The third-order valence-electron chi connectivity index (χ3n) is 5.70. The fourth-order valence-corrected chi connectivity index (χ4v) is 4.07. The van der Waals surface area contributed by atoms with Gasteiger partial charge in [-0.25, -0.2) is 14.4 Å². The molecule has 1 aliphatic heterocycles. The minimum Gasteiger partial charge on any atom is -0.494 e. The highest BCUT2D eigenvalue weighted by atomic mass is 35.5. The van der Waals surface area contributed by atoms with Gasteiger partial charge in [0.25, 0.3) is 0 Å². The van der Waals surface area contributed by atoms with E-state index in [4.69, 9.17) is 16.3 Å². The van der Waals surface area contributed by atoms with Gasteiger partial charge in [-0.3, -0.25) is 9.69 Å². The molecule has 4 rings (SSSR count). The zero-order valence-electron chi connectivity index (χ0n) is 18.4. The third kappa shape index (κ3) is 5.40. The average molecular weight is 470 g/mol. The Morgan fingerprint density at radius 2 is 2.18 bits per heavy atom. The predicted molar refractivity (Wildman–Crippen MR) is 129 cm³/mol. The van der Waals surface area contributed by atoms with E-state index in [1.807, 2.05) is 6.08 Å². The number of hydrogen-bond donors (Lipinski definition) is 2. The highest BCUT2D eigenvalue weighted by molar-refractivity contribution is 6.31. The Morgan fingerprint density at radius 1 is 1.33 bits per heavy atom. The topological polar surface area (TPSA) is 79.4 Å². The van der Waals surface area contributed by atoms with Crippen molar-refractivity contribution in [2.45, 2.75) is 25.8 Å². The molecule has 2 N–H and O–H groups in total.